The average molecular weight is 359 g/mol. The van der Waals surface area contributed by atoms with Crippen LogP contribution in [0.5, 0.6) is 0 Å². The van der Waals surface area contributed by atoms with Crippen LogP contribution in [-0.2, 0) is 17.8 Å². The number of hydrogen-bond acceptors (Lipinski definition) is 4. The largest absolute Gasteiger partial charge is 0.408 e. The van der Waals surface area contributed by atoms with E-state index in [2.05, 4.69) is 10.5 Å². The molecule has 0 aliphatic heterocycles. The molecule has 25 heavy (non-hydrogen) atoms. The SMILES string of the molecule is Nc1c(C(=O)NNC(=O)Cc2ccc(F)cc2)cnn1CC(F)(F)F. The number of nitrogens with zero attached hydrogens (tertiary/aromatic N) is 2. The van der Waals surface area contributed by atoms with Crippen LogP contribution in [0.1, 0.15) is 15.9 Å². The molecular formula is C14H13F4N5O2. The fraction of sp³-hybridized carbons (Fsp3) is 0.214. The van der Waals surface area contributed by atoms with Crippen molar-refractivity contribution in [3.05, 3.63) is 47.4 Å². The van der Waals surface area contributed by atoms with Crippen molar-refractivity contribution >= 4 is 17.6 Å². The summed E-state index contributed by atoms with van der Waals surface area (Å²) in [5.41, 5.74) is 9.74. The molecule has 11 heteroatoms. The maximum atomic E-state index is 12.8. The summed E-state index contributed by atoms with van der Waals surface area (Å²) in [5, 5.41) is 3.39. The van der Waals surface area contributed by atoms with E-state index in [0.717, 1.165) is 6.20 Å². The topological polar surface area (TPSA) is 102 Å². The minimum absolute atomic E-state index is 0.136. The number of hydrazine groups is 1. The van der Waals surface area contributed by atoms with E-state index < -0.39 is 36.2 Å². The van der Waals surface area contributed by atoms with Gasteiger partial charge in [-0.2, -0.15) is 18.3 Å². The summed E-state index contributed by atoms with van der Waals surface area (Å²) in [6, 6.07) is 5.15. The third-order valence-corrected chi connectivity index (χ3v) is 3.05. The number of benzene rings is 1. The van der Waals surface area contributed by atoms with E-state index in [1.807, 2.05) is 5.43 Å². The highest BCUT2D eigenvalue weighted by Gasteiger charge is 2.30. The molecule has 1 heterocycles. The maximum absolute atomic E-state index is 12.8. The Morgan fingerprint density at radius 3 is 2.40 bits per heavy atom. The molecule has 7 nitrogen and oxygen atoms in total. The summed E-state index contributed by atoms with van der Waals surface area (Å²) in [6.07, 6.45) is -3.82. The predicted molar refractivity (Wildman–Crippen MR) is 78.4 cm³/mol. The van der Waals surface area contributed by atoms with Crippen molar-refractivity contribution in [1.82, 2.24) is 20.6 Å². The first-order valence-electron chi connectivity index (χ1n) is 6.87. The Kier molecular flexibility index (Phi) is 5.25. The molecule has 2 rings (SSSR count). The second-order valence-corrected chi connectivity index (χ2v) is 5.02. The lowest BCUT2D eigenvalue weighted by Crippen LogP contribution is -2.42. The number of nitrogens with two attached hydrogens (primary N) is 1. The minimum atomic E-state index is -4.54. The van der Waals surface area contributed by atoms with Gasteiger partial charge in [-0.05, 0) is 17.7 Å². The number of amides is 2. The monoisotopic (exact) mass is 359 g/mol. The molecule has 4 N–H and O–H groups in total. The molecule has 0 spiro atoms. The van der Waals surface area contributed by atoms with E-state index in [1.165, 1.54) is 24.3 Å². The summed E-state index contributed by atoms with van der Waals surface area (Å²) in [5.74, 6) is -2.47. The van der Waals surface area contributed by atoms with Gasteiger partial charge in [-0.25, -0.2) is 9.07 Å². The van der Waals surface area contributed by atoms with Crippen LogP contribution in [0.4, 0.5) is 23.4 Å². The lowest BCUT2D eigenvalue weighted by Gasteiger charge is -2.09. The molecule has 0 fully saturated rings. The first-order chi connectivity index (χ1) is 11.7. The Labute approximate surface area is 138 Å². The molecule has 0 unspecified atom stereocenters. The van der Waals surface area contributed by atoms with Gasteiger partial charge in [-0.15, -0.1) is 0 Å². The Balaban J connectivity index is 1.91. The summed E-state index contributed by atoms with van der Waals surface area (Å²) >= 11 is 0. The zero-order valence-corrected chi connectivity index (χ0v) is 12.6. The van der Waals surface area contributed by atoms with Crippen LogP contribution in [0, 0.1) is 5.82 Å². The van der Waals surface area contributed by atoms with Crippen LogP contribution < -0.4 is 16.6 Å². The Morgan fingerprint density at radius 1 is 1.16 bits per heavy atom. The standard InChI is InChI=1S/C14H13F4N5O2/c15-9-3-1-8(2-4-9)5-11(24)21-22-13(25)10-6-20-23(12(10)19)7-14(16,17)18/h1-4,6H,5,7,19H2,(H,21,24)(H,22,25). The molecule has 1 aromatic carbocycles. The maximum Gasteiger partial charge on any atom is 0.408 e. The van der Waals surface area contributed by atoms with Crippen LogP contribution >= 0.6 is 0 Å². The Bertz CT molecular complexity index is 771. The quantitative estimate of drug-likeness (QED) is 0.563. The van der Waals surface area contributed by atoms with Crippen LogP contribution in [0.25, 0.3) is 0 Å². The predicted octanol–water partition coefficient (Wildman–Crippen LogP) is 1.17. The zero-order chi connectivity index (χ0) is 18.6. The summed E-state index contributed by atoms with van der Waals surface area (Å²) in [4.78, 5) is 23.5. The number of rotatable bonds is 4. The number of hydrogen-bond donors (Lipinski definition) is 3. The zero-order valence-electron chi connectivity index (χ0n) is 12.6. The number of carbonyl (C=O) groups is 2. The van der Waals surface area contributed by atoms with Gasteiger partial charge in [-0.3, -0.25) is 20.4 Å². The lowest BCUT2D eigenvalue weighted by molar-refractivity contribution is -0.142. The first-order valence-corrected chi connectivity index (χ1v) is 6.87. The van der Waals surface area contributed by atoms with Gasteiger partial charge in [0.1, 0.15) is 23.7 Å². The van der Waals surface area contributed by atoms with Gasteiger partial charge in [0.15, 0.2) is 0 Å². The average Bonchev–Trinajstić information content (AvgIpc) is 2.86. The van der Waals surface area contributed by atoms with Crippen molar-refractivity contribution < 1.29 is 27.2 Å². The molecule has 0 saturated heterocycles. The number of anilines is 1. The Hall–Kier alpha value is -3.11. The van der Waals surface area contributed by atoms with E-state index >= 15 is 0 Å². The molecule has 134 valence electrons. The van der Waals surface area contributed by atoms with E-state index in [0.29, 0.717) is 10.2 Å². The van der Waals surface area contributed by atoms with E-state index in [1.54, 1.807) is 0 Å². The second-order valence-electron chi connectivity index (χ2n) is 5.02. The highest BCUT2D eigenvalue weighted by molar-refractivity contribution is 5.99. The summed E-state index contributed by atoms with van der Waals surface area (Å²) < 4.78 is 50.1. The lowest BCUT2D eigenvalue weighted by atomic mass is 10.1. The molecule has 0 aliphatic rings. The number of nitrogens with one attached hydrogen (secondary N) is 2. The number of carbonyl (C=O) groups excluding carboxylic acids is 2. The number of alkyl halides is 3. The molecule has 0 aliphatic carbocycles. The highest BCUT2D eigenvalue weighted by atomic mass is 19.4. The van der Waals surface area contributed by atoms with Crippen LogP contribution in [0.3, 0.4) is 0 Å². The Morgan fingerprint density at radius 2 is 1.80 bits per heavy atom. The fourth-order valence-corrected chi connectivity index (χ4v) is 1.89. The first kappa shape index (κ1) is 18.2. The smallest absolute Gasteiger partial charge is 0.383 e. The van der Waals surface area contributed by atoms with Gasteiger partial charge in [-0.1, -0.05) is 12.1 Å². The number of halogens is 4. The van der Waals surface area contributed by atoms with Gasteiger partial charge in [0.2, 0.25) is 5.91 Å². The molecule has 0 saturated carbocycles. The van der Waals surface area contributed by atoms with Crippen molar-refractivity contribution in [2.24, 2.45) is 0 Å². The highest BCUT2D eigenvalue weighted by Crippen LogP contribution is 2.20. The number of aromatic nitrogens is 2. The van der Waals surface area contributed by atoms with Gasteiger partial charge >= 0.3 is 6.18 Å². The molecule has 0 bridgehead atoms. The fourth-order valence-electron chi connectivity index (χ4n) is 1.89. The summed E-state index contributed by atoms with van der Waals surface area (Å²) in [7, 11) is 0. The van der Waals surface area contributed by atoms with Crippen molar-refractivity contribution in [2.45, 2.75) is 19.1 Å². The second kappa shape index (κ2) is 7.20. The molecule has 2 aromatic rings. The van der Waals surface area contributed by atoms with Gasteiger partial charge in [0.25, 0.3) is 5.91 Å². The molecule has 0 radical (unpaired) electrons. The van der Waals surface area contributed by atoms with Gasteiger partial charge in [0, 0.05) is 0 Å². The molecule has 2 amide bonds. The van der Waals surface area contributed by atoms with Gasteiger partial charge < -0.3 is 5.73 Å². The minimum Gasteiger partial charge on any atom is -0.383 e. The van der Waals surface area contributed by atoms with Gasteiger partial charge in [0.05, 0.1) is 12.6 Å². The molecular weight excluding hydrogens is 346 g/mol. The van der Waals surface area contributed by atoms with E-state index in [-0.39, 0.29) is 12.0 Å². The normalized spacial score (nSPS) is 11.2. The summed E-state index contributed by atoms with van der Waals surface area (Å²) in [6.45, 7) is -1.44. The van der Waals surface area contributed by atoms with Crippen LogP contribution in [-0.4, -0.2) is 27.8 Å². The van der Waals surface area contributed by atoms with Crippen LogP contribution in [0.15, 0.2) is 30.5 Å². The third kappa shape index (κ3) is 5.19. The van der Waals surface area contributed by atoms with Crippen molar-refractivity contribution in [2.75, 3.05) is 5.73 Å². The van der Waals surface area contributed by atoms with Crippen molar-refractivity contribution in [3.63, 3.8) is 0 Å². The third-order valence-electron chi connectivity index (χ3n) is 3.05. The van der Waals surface area contributed by atoms with Crippen molar-refractivity contribution in [1.29, 1.82) is 0 Å². The number of nitrogen functional groups attached to an aromatic ring is 1. The molecule has 0 atom stereocenters. The van der Waals surface area contributed by atoms with E-state index in [9.17, 15) is 27.2 Å². The van der Waals surface area contributed by atoms with Crippen molar-refractivity contribution in [3.8, 4) is 0 Å². The molecule has 1 aromatic heterocycles. The van der Waals surface area contributed by atoms with E-state index in [4.69, 9.17) is 5.73 Å². The van der Waals surface area contributed by atoms with Crippen LogP contribution in [0.2, 0.25) is 0 Å².